The maximum absolute atomic E-state index is 13.0. The lowest BCUT2D eigenvalue weighted by Crippen LogP contribution is -2.26. The number of anilines is 2. The van der Waals surface area contributed by atoms with E-state index in [1.807, 2.05) is 13.0 Å². The third-order valence-corrected chi connectivity index (χ3v) is 8.01. The first-order valence-electron chi connectivity index (χ1n) is 9.82. The van der Waals surface area contributed by atoms with Gasteiger partial charge in [0.2, 0.25) is 0 Å². The number of methoxy groups -OCH3 is 1. The smallest absolute Gasteiger partial charge is 0.265 e. The predicted octanol–water partition coefficient (Wildman–Crippen LogP) is 5.30. The van der Waals surface area contributed by atoms with Crippen molar-refractivity contribution in [1.29, 1.82) is 0 Å². The van der Waals surface area contributed by atoms with Crippen molar-refractivity contribution in [3.8, 4) is 5.75 Å². The Labute approximate surface area is 191 Å². The number of carbonyl (C=O) groups is 1. The average molecular weight is 467 g/mol. The van der Waals surface area contributed by atoms with Crippen LogP contribution in [0.2, 0.25) is 0 Å². The van der Waals surface area contributed by atoms with Crippen molar-refractivity contribution in [1.82, 2.24) is 0 Å². The molecule has 32 heavy (non-hydrogen) atoms. The van der Waals surface area contributed by atoms with E-state index in [1.165, 1.54) is 22.7 Å². The molecule has 8 heteroatoms. The topological polar surface area (TPSA) is 75.7 Å². The Morgan fingerprint density at radius 2 is 1.75 bits per heavy atom. The van der Waals surface area contributed by atoms with Gasteiger partial charge in [-0.1, -0.05) is 23.8 Å². The van der Waals surface area contributed by atoms with Gasteiger partial charge in [-0.05, 0) is 60.8 Å². The van der Waals surface area contributed by atoms with E-state index in [0.717, 1.165) is 15.6 Å². The zero-order valence-corrected chi connectivity index (χ0v) is 19.5. The summed E-state index contributed by atoms with van der Waals surface area (Å²) in [5.74, 6) is 0.420. The normalized spacial score (nSPS) is 11.3. The Morgan fingerprint density at radius 1 is 1.00 bits per heavy atom. The molecule has 0 atom stereocenters. The monoisotopic (exact) mass is 466 g/mol. The molecule has 1 heterocycles. The Hall–Kier alpha value is -3.36. The van der Waals surface area contributed by atoms with Crippen LogP contribution in [0, 0.1) is 6.92 Å². The van der Waals surface area contributed by atoms with E-state index in [9.17, 15) is 13.2 Å². The maximum atomic E-state index is 13.0. The summed E-state index contributed by atoms with van der Waals surface area (Å²) in [4.78, 5) is 13.5. The van der Waals surface area contributed by atoms with Crippen LogP contribution in [-0.4, -0.2) is 28.5 Å². The van der Waals surface area contributed by atoms with Gasteiger partial charge in [0.25, 0.3) is 15.9 Å². The number of aryl methyl sites for hydroxylation is 1. The third-order valence-electron chi connectivity index (χ3n) is 5.09. The Balaban J connectivity index is 1.59. The Morgan fingerprint density at radius 3 is 2.47 bits per heavy atom. The molecule has 0 fully saturated rings. The van der Waals surface area contributed by atoms with E-state index in [4.69, 9.17) is 4.74 Å². The summed E-state index contributed by atoms with van der Waals surface area (Å²) >= 11 is 1.35. The zero-order chi connectivity index (χ0) is 22.9. The van der Waals surface area contributed by atoms with Gasteiger partial charge >= 0.3 is 0 Å². The molecule has 0 aliphatic heterocycles. The van der Waals surface area contributed by atoms with Gasteiger partial charge in [-0.3, -0.25) is 9.10 Å². The van der Waals surface area contributed by atoms with Crippen molar-refractivity contribution in [2.45, 2.75) is 11.8 Å². The highest BCUT2D eigenvalue weighted by atomic mass is 32.2. The molecule has 0 aliphatic rings. The molecule has 0 aliphatic carbocycles. The third kappa shape index (κ3) is 4.32. The molecular weight excluding hydrogens is 444 g/mol. The fourth-order valence-electron chi connectivity index (χ4n) is 3.24. The number of fused-ring (bicyclic) bond motifs is 1. The van der Waals surface area contributed by atoms with Crippen LogP contribution in [0.5, 0.6) is 5.75 Å². The number of amides is 1. The van der Waals surface area contributed by atoms with Crippen molar-refractivity contribution >= 4 is 48.7 Å². The summed E-state index contributed by atoms with van der Waals surface area (Å²) in [6.07, 6.45) is 0. The number of thiophene rings is 1. The van der Waals surface area contributed by atoms with Crippen LogP contribution >= 0.6 is 11.3 Å². The Bertz CT molecular complexity index is 1390. The van der Waals surface area contributed by atoms with Crippen LogP contribution in [0.3, 0.4) is 0 Å². The summed E-state index contributed by atoms with van der Waals surface area (Å²) in [6.45, 7) is 1.91. The van der Waals surface area contributed by atoms with Gasteiger partial charge in [-0.25, -0.2) is 8.42 Å². The molecule has 0 saturated heterocycles. The molecule has 0 bridgehead atoms. The largest absolute Gasteiger partial charge is 0.497 e. The van der Waals surface area contributed by atoms with Gasteiger partial charge in [0, 0.05) is 23.5 Å². The lowest BCUT2D eigenvalue weighted by molar-refractivity contribution is 0.103. The van der Waals surface area contributed by atoms with Crippen molar-refractivity contribution in [3.63, 3.8) is 0 Å². The van der Waals surface area contributed by atoms with Gasteiger partial charge in [0.05, 0.1) is 22.6 Å². The van der Waals surface area contributed by atoms with Crippen LogP contribution in [0.25, 0.3) is 10.1 Å². The van der Waals surface area contributed by atoms with Crippen LogP contribution < -0.4 is 14.4 Å². The van der Waals surface area contributed by atoms with Gasteiger partial charge < -0.3 is 10.1 Å². The molecule has 1 N–H and O–H groups in total. The summed E-state index contributed by atoms with van der Waals surface area (Å²) < 4.78 is 33.3. The quantitative estimate of drug-likeness (QED) is 0.419. The first-order valence-corrected chi connectivity index (χ1v) is 12.1. The van der Waals surface area contributed by atoms with E-state index >= 15 is 0 Å². The SMILES string of the molecule is COc1cccc(NC(=O)c2cc3cc(N(C)S(=O)(=O)c4ccc(C)cc4)ccc3s2)c1. The second kappa shape index (κ2) is 8.64. The molecular formula is C24H22N2O4S2. The fourth-order valence-corrected chi connectivity index (χ4v) is 5.36. The molecule has 0 saturated carbocycles. The Kier molecular flexibility index (Phi) is 5.90. The second-order valence-electron chi connectivity index (χ2n) is 7.30. The average Bonchev–Trinajstić information content (AvgIpc) is 3.22. The van der Waals surface area contributed by atoms with Gasteiger partial charge in [0.15, 0.2) is 0 Å². The highest BCUT2D eigenvalue weighted by Crippen LogP contribution is 2.32. The van der Waals surface area contributed by atoms with Gasteiger partial charge in [-0.15, -0.1) is 11.3 Å². The molecule has 6 nitrogen and oxygen atoms in total. The number of ether oxygens (including phenoxy) is 1. The lowest BCUT2D eigenvalue weighted by atomic mass is 10.2. The number of rotatable bonds is 6. The number of sulfonamides is 1. The van der Waals surface area contributed by atoms with Crippen LogP contribution in [0.4, 0.5) is 11.4 Å². The van der Waals surface area contributed by atoms with E-state index in [2.05, 4.69) is 5.32 Å². The number of hydrogen-bond donors (Lipinski definition) is 1. The summed E-state index contributed by atoms with van der Waals surface area (Å²) in [5, 5.41) is 3.67. The number of nitrogens with one attached hydrogen (secondary N) is 1. The lowest BCUT2D eigenvalue weighted by Gasteiger charge is -2.19. The first kappa shape index (κ1) is 21.9. The second-order valence-corrected chi connectivity index (χ2v) is 10.4. The molecule has 3 aromatic carbocycles. The van der Waals surface area contributed by atoms with Crippen molar-refractivity contribution < 1.29 is 17.9 Å². The molecule has 0 spiro atoms. The van der Waals surface area contributed by atoms with Crippen LogP contribution in [0.15, 0.2) is 77.7 Å². The molecule has 0 radical (unpaired) electrons. The summed E-state index contributed by atoms with van der Waals surface area (Å²) in [6, 6.07) is 21.0. The first-order chi connectivity index (χ1) is 15.3. The van der Waals surface area contributed by atoms with E-state index < -0.39 is 10.0 Å². The summed E-state index contributed by atoms with van der Waals surface area (Å²) in [7, 11) is -0.592. The molecule has 1 aromatic heterocycles. The number of hydrogen-bond acceptors (Lipinski definition) is 5. The number of carbonyl (C=O) groups excluding carboxylic acids is 1. The minimum atomic E-state index is -3.69. The molecule has 1 amide bonds. The molecule has 4 rings (SSSR count). The zero-order valence-electron chi connectivity index (χ0n) is 17.8. The maximum Gasteiger partial charge on any atom is 0.265 e. The van der Waals surface area contributed by atoms with Crippen LogP contribution in [-0.2, 0) is 10.0 Å². The number of nitrogens with zero attached hydrogens (tertiary/aromatic N) is 1. The molecule has 0 unspecified atom stereocenters. The van der Waals surface area contributed by atoms with Crippen LogP contribution in [0.1, 0.15) is 15.2 Å². The van der Waals surface area contributed by atoms with Crippen molar-refractivity contribution in [3.05, 3.63) is 83.2 Å². The molecule has 164 valence electrons. The van der Waals surface area contributed by atoms with Gasteiger partial charge in [-0.2, -0.15) is 0 Å². The number of benzene rings is 3. The van der Waals surface area contributed by atoms with E-state index in [1.54, 1.807) is 73.8 Å². The fraction of sp³-hybridized carbons (Fsp3) is 0.125. The highest BCUT2D eigenvalue weighted by Gasteiger charge is 2.22. The minimum absolute atomic E-state index is 0.231. The van der Waals surface area contributed by atoms with Crippen molar-refractivity contribution in [2.75, 3.05) is 23.8 Å². The highest BCUT2D eigenvalue weighted by molar-refractivity contribution is 7.92. The minimum Gasteiger partial charge on any atom is -0.497 e. The van der Waals surface area contributed by atoms with Crippen molar-refractivity contribution in [2.24, 2.45) is 0 Å². The standard InChI is InChI=1S/C24H22N2O4S2/c1-16-7-10-21(11-8-16)32(28,29)26(2)19-9-12-22-17(13-19)14-23(31-22)24(27)25-18-5-4-6-20(15-18)30-3/h4-15H,1-3H3,(H,25,27). The van der Waals surface area contributed by atoms with Gasteiger partial charge in [0.1, 0.15) is 5.75 Å². The summed E-state index contributed by atoms with van der Waals surface area (Å²) in [5.41, 5.74) is 2.15. The molecule has 4 aromatic rings. The van der Waals surface area contributed by atoms with E-state index in [0.29, 0.717) is 22.0 Å². The predicted molar refractivity (Wildman–Crippen MR) is 130 cm³/mol. The van der Waals surface area contributed by atoms with E-state index in [-0.39, 0.29) is 10.8 Å².